The highest BCUT2D eigenvalue weighted by Gasteiger charge is 2.53. The van der Waals surface area contributed by atoms with Crippen molar-refractivity contribution in [3.63, 3.8) is 0 Å². The average Bonchev–Trinajstić information content (AvgIpc) is 2.37. The number of rotatable bonds is 5. The summed E-state index contributed by atoms with van der Waals surface area (Å²) in [7, 11) is 0. The second kappa shape index (κ2) is 5.32. The Morgan fingerprint density at radius 3 is 2.15 bits per heavy atom. The molecular weight excluding hydrogens is 248 g/mol. The van der Waals surface area contributed by atoms with Crippen LogP contribution in [0, 0.1) is 23.2 Å². The van der Waals surface area contributed by atoms with Crippen LogP contribution in [0.15, 0.2) is 0 Å². The van der Waals surface area contributed by atoms with E-state index in [0.717, 1.165) is 30.6 Å². The minimum Gasteiger partial charge on any atom is -0.352 e. The number of carbonyl (C=O) groups excluding carboxylic acids is 1. The van der Waals surface area contributed by atoms with Crippen molar-refractivity contribution < 1.29 is 4.79 Å². The van der Waals surface area contributed by atoms with E-state index in [2.05, 4.69) is 19.2 Å². The molecule has 0 aromatic rings. The maximum Gasteiger partial charge on any atom is 0.237 e. The summed E-state index contributed by atoms with van der Waals surface area (Å²) < 4.78 is 0. The number of amides is 1. The molecule has 0 aliphatic heterocycles. The fourth-order valence-electron chi connectivity index (χ4n) is 5.62. The summed E-state index contributed by atoms with van der Waals surface area (Å²) in [5, 5.41) is 3.26. The lowest BCUT2D eigenvalue weighted by Gasteiger charge is -2.59. The van der Waals surface area contributed by atoms with Crippen molar-refractivity contribution in [1.29, 1.82) is 0 Å². The van der Waals surface area contributed by atoms with E-state index in [1.165, 1.54) is 38.5 Å². The van der Waals surface area contributed by atoms with Crippen molar-refractivity contribution in [1.82, 2.24) is 5.32 Å². The maximum atomic E-state index is 12.2. The van der Waals surface area contributed by atoms with Gasteiger partial charge in [-0.05, 0) is 75.0 Å². The SMILES string of the molecule is CCC[C@@H](N)C(=O)NC(C)C12CC3CC(CC(C3)C1)C2. The summed E-state index contributed by atoms with van der Waals surface area (Å²) in [4.78, 5) is 12.2. The zero-order valence-corrected chi connectivity index (χ0v) is 13.0. The molecule has 4 aliphatic carbocycles. The zero-order chi connectivity index (χ0) is 14.3. The van der Waals surface area contributed by atoms with Gasteiger partial charge >= 0.3 is 0 Å². The second-order valence-electron chi connectivity index (χ2n) is 7.91. The normalized spacial score (nSPS) is 41.5. The van der Waals surface area contributed by atoms with E-state index >= 15 is 0 Å². The van der Waals surface area contributed by atoms with Crippen LogP contribution in [0.1, 0.15) is 65.2 Å². The topological polar surface area (TPSA) is 55.1 Å². The predicted molar refractivity (Wildman–Crippen MR) is 81.1 cm³/mol. The van der Waals surface area contributed by atoms with Crippen LogP contribution in [0.2, 0.25) is 0 Å². The van der Waals surface area contributed by atoms with Crippen molar-refractivity contribution in [2.75, 3.05) is 0 Å². The molecular formula is C17H30N2O. The lowest BCUT2D eigenvalue weighted by molar-refractivity contribution is -0.127. The van der Waals surface area contributed by atoms with E-state index in [4.69, 9.17) is 5.73 Å². The number of carbonyl (C=O) groups is 1. The van der Waals surface area contributed by atoms with Gasteiger partial charge < -0.3 is 11.1 Å². The van der Waals surface area contributed by atoms with Crippen molar-refractivity contribution in [2.24, 2.45) is 28.9 Å². The number of hydrogen-bond donors (Lipinski definition) is 2. The van der Waals surface area contributed by atoms with Crippen LogP contribution in [0.5, 0.6) is 0 Å². The summed E-state index contributed by atoms with van der Waals surface area (Å²) in [5.74, 6) is 2.87. The molecule has 0 aromatic carbocycles. The first-order chi connectivity index (χ1) is 9.52. The molecule has 20 heavy (non-hydrogen) atoms. The Bertz CT molecular complexity index is 344. The smallest absolute Gasteiger partial charge is 0.237 e. The van der Waals surface area contributed by atoms with Gasteiger partial charge in [0.15, 0.2) is 0 Å². The molecule has 2 atom stereocenters. The van der Waals surface area contributed by atoms with E-state index in [9.17, 15) is 4.79 Å². The molecule has 1 unspecified atom stereocenters. The first-order valence-corrected chi connectivity index (χ1v) is 8.58. The third-order valence-corrected chi connectivity index (χ3v) is 6.30. The third-order valence-electron chi connectivity index (χ3n) is 6.30. The fourth-order valence-corrected chi connectivity index (χ4v) is 5.62. The highest BCUT2D eigenvalue weighted by Crippen LogP contribution is 2.61. The van der Waals surface area contributed by atoms with Gasteiger partial charge in [-0.1, -0.05) is 13.3 Å². The Labute approximate surface area is 123 Å². The Hall–Kier alpha value is -0.570. The monoisotopic (exact) mass is 278 g/mol. The molecule has 4 bridgehead atoms. The molecule has 4 rings (SSSR count). The van der Waals surface area contributed by atoms with Gasteiger partial charge in [-0.3, -0.25) is 4.79 Å². The Kier molecular flexibility index (Phi) is 3.83. The van der Waals surface area contributed by atoms with Gasteiger partial charge in [0.25, 0.3) is 0 Å². The summed E-state index contributed by atoms with van der Waals surface area (Å²) >= 11 is 0. The van der Waals surface area contributed by atoms with E-state index in [0.29, 0.717) is 11.5 Å². The van der Waals surface area contributed by atoms with Crippen LogP contribution in [0.4, 0.5) is 0 Å². The van der Waals surface area contributed by atoms with E-state index in [-0.39, 0.29) is 11.9 Å². The number of nitrogens with one attached hydrogen (secondary N) is 1. The second-order valence-corrected chi connectivity index (χ2v) is 7.91. The van der Waals surface area contributed by atoms with Gasteiger partial charge in [0.1, 0.15) is 0 Å². The molecule has 0 radical (unpaired) electrons. The molecule has 0 heterocycles. The summed E-state index contributed by atoms with van der Waals surface area (Å²) in [6.07, 6.45) is 10.1. The first kappa shape index (κ1) is 14.4. The molecule has 114 valence electrons. The van der Waals surface area contributed by atoms with Crippen LogP contribution >= 0.6 is 0 Å². The lowest BCUT2D eigenvalue weighted by atomic mass is 9.48. The molecule has 0 aromatic heterocycles. The quantitative estimate of drug-likeness (QED) is 0.812. The van der Waals surface area contributed by atoms with Gasteiger partial charge in [0.2, 0.25) is 5.91 Å². The zero-order valence-electron chi connectivity index (χ0n) is 13.0. The van der Waals surface area contributed by atoms with Crippen molar-refractivity contribution in [3.05, 3.63) is 0 Å². The average molecular weight is 278 g/mol. The molecule has 3 N–H and O–H groups in total. The first-order valence-electron chi connectivity index (χ1n) is 8.58. The third kappa shape index (κ3) is 2.49. The molecule has 3 heteroatoms. The van der Waals surface area contributed by atoms with Gasteiger partial charge in [0, 0.05) is 6.04 Å². The maximum absolute atomic E-state index is 12.2. The van der Waals surface area contributed by atoms with Crippen molar-refractivity contribution in [3.8, 4) is 0 Å². The molecule has 4 aliphatic rings. The van der Waals surface area contributed by atoms with Crippen LogP contribution < -0.4 is 11.1 Å². The van der Waals surface area contributed by atoms with Crippen LogP contribution in [0.3, 0.4) is 0 Å². The molecule has 3 nitrogen and oxygen atoms in total. The number of hydrogen-bond acceptors (Lipinski definition) is 2. The lowest BCUT2D eigenvalue weighted by Crippen LogP contribution is -2.57. The Morgan fingerprint density at radius 1 is 1.20 bits per heavy atom. The summed E-state index contributed by atoms with van der Waals surface area (Å²) in [6.45, 7) is 4.30. The Morgan fingerprint density at radius 2 is 1.70 bits per heavy atom. The minimum absolute atomic E-state index is 0.0649. The van der Waals surface area contributed by atoms with E-state index in [1.807, 2.05) is 0 Å². The van der Waals surface area contributed by atoms with Crippen LogP contribution in [0.25, 0.3) is 0 Å². The van der Waals surface area contributed by atoms with Gasteiger partial charge in [-0.2, -0.15) is 0 Å². The highest BCUT2D eigenvalue weighted by atomic mass is 16.2. The number of nitrogens with two attached hydrogens (primary N) is 1. The summed E-state index contributed by atoms with van der Waals surface area (Å²) in [5.41, 5.74) is 6.34. The largest absolute Gasteiger partial charge is 0.352 e. The Balaban J connectivity index is 1.65. The predicted octanol–water partition coefficient (Wildman–Crippen LogP) is 2.83. The van der Waals surface area contributed by atoms with Gasteiger partial charge in [0.05, 0.1) is 6.04 Å². The van der Waals surface area contributed by atoms with Gasteiger partial charge in [-0.25, -0.2) is 0 Å². The van der Waals surface area contributed by atoms with Crippen LogP contribution in [-0.2, 0) is 4.79 Å². The molecule has 0 saturated heterocycles. The fraction of sp³-hybridized carbons (Fsp3) is 0.941. The van der Waals surface area contributed by atoms with Gasteiger partial charge in [-0.15, -0.1) is 0 Å². The molecule has 0 spiro atoms. The van der Waals surface area contributed by atoms with Crippen molar-refractivity contribution in [2.45, 2.75) is 77.3 Å². The van der Waals surface area contributed by atoms with E-state index < -0.39 is 0 Å². The minimum atomic E-state index is -0.323. The van der Waals surface area contributed by atoms with Crippen LogP contribution in [-0.4, -0.2) is 18.0 Å². The molecule has 4 fully saturated rings. The van der Waals surface area contributed by atoms with E-state index in [1.54, 1.807) is 0 Å². The molecule has 1 amide bonds. The van der Waals surface area contributed by atoms with Crippen molar-refractivity contribution >= 4 is 5.91 Å². The molecule has 4 saturated carbocycles. The summed E-state index contributed by atoms with van der Waals surface area (Å²) in [6, 6.07) is -0.0253. The highest BCUT2D eigenvalue weighted by molar-refractivity contribution is 5.81. The standard InChI is InChI=1S/C17H30N2O/c1-3-4-15(18)16(20)19-11(2)17-8-12-5-13(9-17)7-14(6-12)10-17/h11-15H,3-10,18H2,1-2H3,(H,19,20)/t11?,12?,13?,14?,15-,17?/m1/s1.